The summed E-state index contributed by atoms with van der Waals surface area (Å²) in [7, 11) is -3.81. The van der Waals surface area contributed by atoms with Crippen molar-refractivity contribution < 1.29 is 16.8 Å². The van der Waals surface area contributed by atoms with Crippen molar-refractivity contribution in [3.05, 3.63) is 0 Å². The Labute approximate surface area is 224 Å². The molecule has 0 radical (unpaired) electrons. The predicted molar refractivity (Wildman–Crippen MR) is 141 cm³/mol. The van der Waals surface area contributed by atoms with Gasteiger partial charge in [0.2, 0.25) is 0 Å². The second-order valence-corrected chi connectivity index (χ2v) is 10.4. The van der Waals surface area contributed by atoms with E-state index in [2.05, 4.69) is 13.8 Å². The summed E-state index contributed by atoms with van der Waals surface area (Å²) in [5.74, 6) is 0. The fourth-order valence-electron chi connectivity index (χ4n) is 3.89. The third-order valence-corrected chi connectivity index (χ3v) is 6.86. The van der Waals surface area contributed by atoms with Gasteiger partial charge in [-0.3, -0.25) is 0 Å². The molecule has 0 heterocycles. The summed E-state index contributed by atoms with van der Waals surface area (Å²) >= 11 is 0. The van der Waals surface area contributed by atoms with E-state index in [1.54, 1.807) is 0 Å². The monoisotopic (exact) mass is 486 g/mol. The van der Waals surface area contributed by atoms with Crippen LogP contribution in [0.2, 0.25) is 0 Å². The molecule has 0 spiro atoms. The molecule has 4 nitrogen and oxygen atoms in total. The number of hydrogen-bond donors (Lipinski definition) is 0. The first-order valence-corrected chi connectivity index (χ1v) is 15.0. The quantitative estimate of drug-likeness (QED) is 0.0912. The van der Waals surface area contributed by atoms with Crippen molar-refractivity contribution >= 4 is 40.0 Å². The van der Waals surface area contributed by atoms with Gasteiger partial charge in [0.25, 0.3) is 0 Å². The molecule has 32 heavy (non-hydrogen) atoms. The van der Waals surface area contributed by atoms with Crippen molar-refractivity contribution in [2.45, 2.75) is 155 Å². The van der Waals surface area contributed by atoms with Gasteiger partial charge in [-0.05, 0) is 12.8 Å². The molecule has 0 saturated carbocycles. The molecule has 0 saturated heterocycles. The van der Waals surface area contributed by atoms with E-state index in [0.717, 1.165) is 32.1 Å². The Morgan fingerprint density at radius 1 is 0.406 bits per heavy atom. The van der Waals surface area contributed by atoms with E-state index in [9.17, 15) is 8.42 Å². The molecular formula is C26H55NaO4S. The molecule has 0 aliphatic carbocycles. The number of rotatable bonds is 26. The summed E-state index contributed by atoms with van der Waals surface area (Å²) in [6.07, 6.45) is 27.3. The Bertz CT molecular complexity index is 443. The topological polar surface area (TPSA) is 52.6 Å². The van der Waals surface area contributed by atoms with Crippen LogP contribution in [0.1, 0.15) is 155 Å². The van der Waals surface area contributed by atoms with E-state index in [4.69, 9.17) is 8.37 Å². The average molecular weight is 487 g/mol. The molecule has 0 fully saturated rings. The van der Waals surface area contributed by atoms with Gasteiger partial charge < -0.3 is 0 Å². The van der Waals surface area contributed by atoms with Crippen LogP contribution >= 0.6 is 0 Å². The van der Waals surface area contributed by atoms with Gasteiger partial charge in [0.05, 0.1) is 13.2 Å². The van der Waals surface area contributed by atoms with Crippen LogP contribution in [-0.2, 0) is 18.8 Å². The fraction of sp³-hybridized carbons (Fsp3) is 1.00. The normalized spacial score (nSPS) is 11.6. The van der Waals surface area contributed by atoms with Crippen LogP contribution < -0.4 is 0 Å². The molecule has 190 valence electrons. The number of hydrogen-bond acceptors (Lipinski definition) is 4. The second-order valence-electron chi connectivity index (χ2n) is 9.12. The van der Waals surface area contributed by atoms with Crippen molar-refractivity contribution in [2.24, 2.45) is 0 Å². The van der Waals surface area contributed by atoms with Crippen molar-refractivity contribution in [1.82, 2.24) is 0 Å². The third-order valence-electron chi connectivity index (χ3n) is 5.95. The van der Waals surface area contributed by atoms with Crippen LogP contribution in [0.25, 0.3) is 0 Å². The zero-order valence-corrected chi connectivity index (χ0v) is 21.8. The molecular weight excluding hydrogens is 431 g/mol. The zero-order valence-electron chi connectivity index (χ0n) is 21.0. The molecule has 6 heteroatoms. The van der Waals surface area contributed by atoms with Gasteiger partial charge in [0, 0.05) is 0 Å². The summed E-state index contributed by atoms with van der Waals surface area (Å²) < 4.78 is 33.4. The van der Waals surface area contributed by atoms with E-state index in [0.29, 0.717) is 0 Å². The first-order chi connectivity index (χ1) is 15.1. The van der Waals surface area contributed by atoms with Crippen LogP contribution in [0.15, 0.2) is 0 Å². The molecule has 0 aromatic rings. The maximum atomic E-state index is 11.7. The Hall–Kier alpha value is 0.870. The van der Waals surface area contributed by atoms with Gasteiger partial charge in [-0.2, -0.15) is 8.42 Å². The Morgan fingerprint density at radius 2 is 0.625 bits per heavy atom. The molecule has 0 aliphatic rings. The minimum absolute atomic E-state index is 0. The van der Waals surface area contributed by atoms with Gasteiger partial charge in [0.1, 0.15) is 0 Å². The molecule has 0 bridgehead atoms. The van der Waals surface area contributed by atoms with Crippen LogP contribution in [0.5, 0.6) is 0 Å². The van der Waals surface area contributed by atoms with Gasteiger partial charge >= 0.3 is 40.0 Å². The maximum absolute atomic E-state index is 11.7. The Kier molecular flexibility index (Phi) is 30.8. The Balaban J connectivity index is 0. The summed E-state index contributed by atoms with van der Waals surface area (Å²) in [6, 6.07) is 0. The van der Waals surface area contributed by atoms with Crippen molar-refractivity contribution in [3.8, 4) is 0 Å². The summed E-state index contributed by atoms with van der Waals surface area (Å²) in [5, 5.41) is 0. The van der Waals surface area contributed by atoms with Crippen LogP contribution in [0, 0.1) is 0 Å². The first-order valence-electron chi connectivity index (χ1n) is 13.7. The van der Waals surface area contributed by atoms with Gasteiger partial charge in [-0.15, -0.1) is 0 Å². The summed E-state index contributed by atoms with van der Waals surface area (Å²) in [4.78, 5) is 0. The summed E-state index contributed by atoms with van der Waals surface area (Å²) in [5.41, 5.74) is 0. The van der Waals surface area contributed by atoms with Gasteiger partial charge in [0.15, 0.2) is 0 Å². The van der Waals surface area contributed by atoms with Crippen LogP contribution in [0.4, 0.5) is 0 Å². The first kappa shape index (κ1) is 35.0. The van der Waals surface area contributed by atoms with E-state index in [1.165, 1.54) is 109 Å². The van der Waals surface area contributed by atoms with Gasteiger partial charge in [-0.25, -0.2) is 8.37 Å². The molecule has 0 amide bonds. The van der Waals surface area contributed by atoms with Gasteiger partial charge in [-0.1, -0.05) is 142 Å². The SMILES string of the molecule is CCCCCCCCCCCCCCOS(=O)(=O)OCCCCCCCCCCCC.[NaH]. The van der Waals surface area contributed by atoms with Crippen molar-refractivity contribution in [3.63, 3.8) is 0 Å². The van der Waals surface area contributed by atoms with Crippen molar-refractivity contribution in [2.75, 3.05) is 13.2 Å². The van der Waals surface area contributed by atoms with Crippen LogP contribution in [0.3, 0.4) is 0 Å². The van der Waals surface area contributed by atoms with E-state index < -0.39 is 10.4 Å². The molecule has 0 aromatic heterocycles. The second kappa shape index (κ2) is 28.1. The zero-order chi connectivity index (χ0) is 22.9. The molecule has 0 aliphatic heterocycles. The van der Waals surface area contributed by atoms with E-state index in [1.807, 2.05) is 0 Å². The average Bonchev–Trinajstić information content (AvgIpc) is 2.75. The minimum atomic E-state index is -3.81. The molecule has 0 aromatic carbocycles. The number of unbranched alkanes of at least 4 members (excludes halogenated alkanes) is 20. The molecule has 0 N–H and O–H groups in total. The Morgan fingerprint density at radius 3 is 0.875 bits per heavy atom. The van der Waals surface area contributed by atoms with E-state index >= 15 is 0 Å². The molecule has 0 atom stereocenters. The fourth-order valence-corrected chi connectivity index (χ4v) is 4.60. The molecule has 0 unspecified atom stereocenters. The van der Waals surface area contributed by atoms with Crippen LogP contribution in [-0.4, -0.2) is 51.2 Å². The predicted octanol–water partition coefficient (Wildman–Crippen LogP) is 8.24. The molecule has 0 rings (SSSR count). The van der Waals surface area contributed by atoms with E-state index in [-0.39, 0.29) is 42.8 Å². The standard InChI is InChI=1S/C26H54O4S.Na.H/c1-3-5-7-9-11-13-15-16-18-20-22-24-26-30-31(27,28)29-25-23-21-19-17-14-12-10-8-6-4-2;;/h3-26H2,1-2H3;;. The third kappa shape index (κ3) is 28.9. The van der Waals surface area contributed by atoms with Crippen molar-refractivity contribution in [1.29, 1.82) is 0 Å². The summed E-state index contributed by atoms with van der Waals surface area (Å²) in [6.45, 7) is 4.99.